The van der Waals surface area contributed by atoms with Gasteiger partial charge in [0.1, 0.15) is 17.2 Å². The fraction of sp³-hybridized carbons (Fsp3) is 0.640. The zero-order chi connectivity index (χ0) is 21.7. The van der Waals surface area contributed by atoms with Crippen molar-refractivity contribution in [3.63, 3.8) is 0 Å². The Morgan fingerprint density at radius 1 is 1.16 bits per heavy atom. The van der Waals surface area contributed by atoms with E-state index < -0.39 is 0 Å². The van der Waals surface area contributed by atoms with Crippen LogP contribution in [0.4, 0.5) is 5.82 Å². The van der Waals surface area contributed by atoms with Crippen molar-refractivity contribution in [1.29, 1.82) is 0 Å². The van der Waals surface area contributed by atoms with Crippen LogP contribution in [-0.4, -0.2) is 45.2 Å². The molecule has 2 aromatic rings. The molecule has 1 saturated heterocycles. The first-order chi connectivity index (χ1) is 15.4. The van der Waals surface area contributed by atoms with Crippen LogP contribution in [0.5, 0.6) is 0 Å². The third kappa shape index (κ3) is 2.49. The van der Waals surface area contributed by atoms with Crippen LogP contribution in [0.25, 0.3) is 5.65 Å². The number of hydrogen-bond donors (Lipinski definition) is 2. The molecular weight excluding hydrogens is 402 g/mol. The van der Waals surface area contributed by atoms with Gasteiger partial charge in [-0.05, 0) is 85.7 Å². The van der Waals surface area contributed by atoms with Gasteiger partial charge in [0.05, 0.1) is 0 Å². The predicted octanol–water partition coefficient (Wildman–Crippen LogP) is 3.05. The molecule has 6 unspecified atom stereocenters. The van der Waals surface area contributed by atoms with Crippen molar-refractivity contribution in [2.75, 3.05) is 18.4 Å². The molecule has 3 bridgehead atoms. The van der Waals surface area contributed by atoms with E-state index in [-0.39, 0.29) is 23.3 Å². The van der Waals surface area contributed by atoms with Gasteiger partial charge in [0.2, 0.25) is 5.91 Å². The standard InChI is InChI=1S/C25H31N5O2/c26-18-4-5-29(13-18)23(32)19-14-30-20(27-19)2-1-3-21(30)28-22(31)12-24-8-16-6-15-7-17(11-24)25(24,9-15)10-16/h1-3,14-18H,4-13,26H2,(H,28,31). The van der Waals surface area contributed by atoms with E-state index in [1.807, 2.05) is 22.6 Å². The molecule has 32 heavy (non-hydrogen) atoms. The molecule has 6 atom stereocenters. The van der Waals surface area contributed by atoms with E-state index in [0.29, 0.717) is 42.1 Å². The number of pyridine rings is 1. The molecular formula is C25H31N5O2. The van der Waals surface area contributed by atoms with Gasteiger partial charge in [0.15, 0.2) is 0 Å². The van der Waals surface area contributed by atoms with Gasteiger partial charge in [-0.15, -0.1) is 0 Å². The van der Waals surface area contributed by atoms with E-state index in [0.717, 1.165) is 24.2 Å². The van der Waals surface area contributed by atoms with Gasteiger partial charge < -0.3 is 16.0 Å². The largest absolute Gasteiger partial charge is 0.336 e. The first-order valence-electron chi connectivity index (χ1n) is 12.3. The van der Waals surface area contributed by atoms with Crippen molar-refractivity contribution >= 4 is 23.3 Å². The molecule has 7 heteroatoms. The summed E-state index contributed by atoms with van der Waals surface area (Å²) in [5.74, 6) is 3.34. The van der Waals surface area contributed by atoms with Crippen LogP contribution >= 0.6 is 0 Å². The fourth-order valence-corrected chi connectivity index (χ4v) is 8.74. The number of anilines is 1. The summed E-state index contributed by atoms with van der Waals surface area (Å²) >= 11 is 0. The maximum atomic E-state index is 13.3. The highest BCUT2D eigenvalue weighted by molar-refractivity contribution is 5.94. The van der Waals surface area contributed by atoms with E-state index in [2.05, 4.69) is 10.3 Å². The summed E-state index contributed by atoms with van der Waals surface area (Å²) in [6.07, 6.45) is 11.2. The Bertz CT molecular complexity index is 1140. The molecule has 2 amide bonds. The lowest BCUT2D eigenvalue weighted by Crippen LogP contribution is -2.53. The van der Waals surface area contributed by atoms with Crippen LogP contribution in [0.2, 0.25) is 0 Å². The zero-order valence-corrected chi connectivity index (χ0v) is 18.4. The van der Waals surface area contributed by atoms with Gasteiger partial charge in [-0.2, -0.15) is 0 Å². The Morgan fingerprint density at radius 2 is 2.03 bits per heavy atom. The Labute approximate surface area is 187 Å². The van der Waals surface area contributed by atoms with Gasteiger partial charge in [-0.1, -0.05) is 6.07 Å². The predicted molar refractivity (Wildman–Crippen MR) is 120 cm³/mol. The molecule has 5 fully saturated rings. The summed E-state index contributed by atoms with van der Waals surface area (Å²) in [5.41, 5.74) is 7.74. The summed E-state index contributed by atoms with van der Waals surface area (Å²) in [4.78, 5) is 32.4. The molecule has 0 radical (unpaired) electrons. The topological polar surface area (TPSA) is 92.7 Å². The fourth-order valence-electron chi connectivity index (χ4n) is 8.74. The van der Waals surface area contributed by atoms with Gasteiger partial charge in [0.25, 0.3) is 5.91 Å². The summed E-state index contributed by atoms with van der Waals surface area (Å²) < 4.78 is 1.83. The highest BCUT2D eigenvalue weighted by Gasteiger charge is 2.74. The highest BCUT2D eigenvalue weighted by atomic mass is 16.2. The van der Waals surface area contributed by atoms with Crippen molar-refractivity contribution in [2.24, 2.45) is 34.3 Å². The number of nitrogens with zero attached hydrogens (tertiary/aromatic N) is 3. The van der Waals surface area contributed by atoms with Crippen molar-refractivity contribution in [1.82, 2.24) is 14.3 Å². The first-order valence-corrected chi connectivity index (χ1v) is 12.3. The minimum absolute atomic E-state index is 0.0426. The molecule has 168 valence electrons. The normalized spacial score (nSPS) is 38.8. The van der Waals surface area contributed by atoms with Crippen molar-refractivity contribution in [2.45, 2.75) is 57.4 Å². The maximum absolute atomic E-state index is 13.3. The lowest BCUT2D eigenvalue weighted by Gasteiger charge is -2.59. The van der Waals surface area contributed by atoms with Crippen LogP contribution in [0, 0.1) is 28.6 Å². The Balaban J connectivity index is 1.12. The van der Waals surface area contributed by atoms with E-state index in [1.165, 1.54) is 38.5 Å². The number of carbonyl (C=O) groups is 2. The molecule has 1 aliphatic heterocycles. The highest BCUT2D eigenvalue weighted by Crippen LogP contribution is 2.82. The number of fused-ring (bicyclic) bond motifs is 3. The third-order valence-corrected chi connectivity index (χ3v) is 9.73. The number of hydrogen-bond acceptors (Lipinski definition) is 4. The summed E-state index contributed by atoms with van der Waals surface area (Å²) in [5, 5.41) is 3.16. The molecule has 1 spiro atoms. The number of aromatic nitrogens is 2. The van der Waals surface area contributed by atoms with Crippen LogP contribution in [0.1, 0.15) is 61.9 Å². The van der Waals surface area contributed by atoms with Crippen molar-refractivity contribution in [3.8, 4) is 0 Å². The van der Waals surface area contributed by atoms with Crippen molar-refractivity contribution < 1.29 is 9.59 Å². The van der Waals surface area contributed by atoms with Crippen LogP contribution < -0.4 is 11.1 Å². The number of likely N-dealkylation sites (tertiary alicyclic amines) is 1. The average molecular weight is 434 g/mol. The molecule has 4 saturated carbocycles. The van der Waals surface area contributed by atoms with E-state index in [4.69, 9.17) is 5.73 Å². The van der Waals surface area contributed by atoms with Crippen LogP contribution in [0.15, 0.2) is 24.4 Å². The third-order valence-electron chi connectivity index (χ3n) is 9.73. The van der Waals surface area contributed by atoms with Crippen LogP contribution in [-0.2, 0) is 4.79 Å². The van der Waals surface area contributed by atoms with Gasteiger partial charge >= 0.3 is 0 Å². The second-order valence-electron chi connectivity index (χ2n) is 11.4. The average Bonchev–Trinajstić information content (AvgIpc) is 3.46. The summed E-state index contributed by atoms with van der Waals surface area (Å²) in [6.45, 7) is 1.24. The van der Waals surface area contributed by atoms with Crippen molar-refractivity contribution in [3.05, 3.63) is 30.1 Å². The minimum atomic E-state index is -0.0913. The maximum Gasteiger partial charge on any atom is 0.274 e. The summed E-state index contributed by atoms with van der Waals surface area (Å²) in [7, 11) is 0. The lowest BCUT2D eigenvalue weighted by molar-refractivity contribution is -0.136. The molecule has 4 aliphatic carbocycles. The van der Waals surface area contributed by atoms with E-state index >= 15 is 0 Å². The van der Waals surface area contributed by atoms with E-state index in [9.17, 15) is 9.59 Å². The molecule has 5 aliphatic rings. The van der Waals surface area contributed by atoms with Gasteiger partial charge in [-0.25, -0.2) is 4.98 Å². The number of amides is 2. The van der Waals surface area contributed by atoms with Gasteiger partial charge in [0, 0.05) is 31.7 Å². The molecule has 2 aromatic heterocycles. The SMILES string of the molecule is NC1CCN(C(=O)c2cn3c(NC(=O)CC45CC6CC7CC(C4)C5(C7)C6)cccc3n2)C1. The quantitative estimate of drug-likeness (QED) is 0.775. The molecule has 3 N–H and O–H groups in total. The second kappa shape index (κ2) is 6.34. The van der Waals surface area contributed by atoms with Crippen LogP contribution in [0.3, 0.4) is 0 Å². The first kappa shape index (κ1) is 19.1. The second-order valence-corrected chi connectivity index (χ2v) is 11.4. The molecule has 3 heterocycles. The number of carbonyl (C=O) groups excluding carboxylic acids is 2. The monoisotopic (exact) mass is 433 g/mol. The lowest BCUT2D eigenvalue weighted by atomic mass is 9.45. The van der Waals surface area contributed by atoms with Gasteiger partial charge in [-0.3, -0.25) is 14.0 Å². The Hall–Kier alpha value is -2.41. The molecule has 7 rings (SSSR count). The number of nitrogens with one attached hydrogen (secondary N) is 1. The Kier molecular flexibility index (Phi) is 3.78. The smallest absolute Gasteiger partial charge is 0.274 e. The number of rotatable bonds is 4. The van der Waals surface area contributed by atoms with E-state index in [1.54, 1.807) is 11.1 Å². The molecule has 7 nitrogen and oxygen atoms in total. The number of imidazole rings is 1. The molecule has 0 aromatic carbocycles. The summed E-state index contributed by atoms with van der Waals surface area (Å²) in [6, 6.07) is 5.69. The number of nitrogens with two attached hydrogens (primary N) is 1. The zero-order valence-electron chi connectivity index (χ0n) is 18.4. The minimum Gasteiger partial charge on any atom is -0.336 e. The Morgan fingerprint density at radius 3 is 2.88 bits per heavy atom.